The fraction of sp³-hybridized carbons (Fsp3) is 0.357. The Morgan fingerprint density at radius 2 is 2.11 bits per heavy atom. The van der Waals surface area contributed by atoms with Crippen molar-refractivity contribution < 1.29 is 9.15 Å². The molecular weight excluding hydrogens is 260 g/mol. The van der Waals surface area contributed by atoms with Crippen molar-refractivity contribution in [1.29, 1.82) is 0 Å². The quantitative estimate of drug-likeness (QED) is 0.822. The molecule has 0 aliphatic heterocycles. The highest BCUT2D eigenvalue weighted by molar-refractivity contribution is 7.99. The second-order valence-corrected chi connectivity index (χ2v) is 5.15. The van der Waals surface area contributed by atoms with Crippen LogP contribution in [0.25, 0.3) is 0 Å². The number of hydrogen-bond donors (Lipinski definition) is 1. The highest BCUT2D eigenvalue weighted by Gasteiger charge is 2.09. The van der Waals surface area contributed by atoms with E-state index >= 15 is 0 Å². The minimum Gasteiger partial charge on any atom is -0.494 e. The van der Waals surface area contributed by atoms with Crippen molar-refractivity contribution in [3.63, 3.8) is 0 Å². The first-order valence-corrected chi connectivity index (χ1v) is 7.21. The predicted molar refractivity (Wildman–Crippen MR) is 76.5 cm³/mol. The summed E-state index contributed by atoms with van der Waals surface area (Å²) in [6.07, 6.45) is 1.64. The largest absolute Gasteiger partial charge is 0.494 e. The van der Waals surface area contributed by atoms with Crippen molar-refractivity contribution in [2.75, 3.05) is 12.4 Å². The molecule has 19 heavy (non-hydrogen) atoms. The van der Waals surface area contributed by atoms with Gasteiger partial charge in [-0.2, -0.15) is 0 Å². The normalized spacial score (nSPS) is 12.4. The number of hydrogen-bond acceptors (Lipinski definition) is 5. The molecule has 0 saturated carbocycles. The summed E-state index contributed by atoms with van der Waals surface area (Å²) in [6.45, 7) is 4.54. The zero-order chi connectivity index (χ0) is 13.7. The summed E-state index contributed by atoms with van der Waals surface area (Å²) in [5.74, 6) is 1.60. The molecule has 0 radical (unpaired) electrons. The molecule has 1 aromatic carbocycles. The van der Waals surface area contributed by atoms with Gasteiger partial charge in [-0.15, -0.1) is 0 Å². The molecule has 1 unspecified atom stereocenters. The third-order valence-electron chi connectivity index (χ3n) is 2.60. The Hall–Kier alpha value is -1.46. The Balaban J connectivity index is 1.90. The fourth-order valence-corrected chi connectivity index (χ4v) is 2.47. The van der Waals surface area contributed by atoms with Crippen LogP contribution in [0.1, 0.15) is 24.2 Å². The molecule has 0 saturated heterocycles. The SMILES string of the molecule is CCOc1ccc(C(N)CSc2nc(C)co2)cc1. The van der Waals surface area contributed by atoms with Gasteiger partial charge in [0.25, 0.3) is 5.22 Å². The van der Waals surface area contributed by atoms with E-state index in [0.29, 0.717) is 11.8 Å². The van der Waals surface area contributed by atoms with Crippen LogP contribution in [-0.4, -0.2) is 17.3 Å². The van der Waals surface area contributed by atoms with E-state index in [4.69, 9.17) is 14.9 Å². The lowest BCUT2D eigenvalue weighted by Crippen LogP contribution is -2.12. The number of benzene rings is 1. The Morgan fingerprint density at radius 1 is 1.37 bits per heavy atom. The van der Waals surface area contributed by atoms with Gasteiger partial charge >= 0.3 is 0 Å². The van der Waals surface area contributed by atoms with Crippen molar-refractivity contribution in [1.82, 2.24) is 4.98 Å². The molecule has 2 N–H and O–H groups in total. The summed E-state index contributed by atoms with van der Waals surface area (Å²) in [4.78, 5) is 4.24. The van der Waals surface area contributed by atoms with Crippen LogP contribution < -0.4 is 10.5 Å². The van der Waals surface area contributed by atoms with Gasteiger partial charge in [-0.25, -0.2) is 4.98 Å². The maximum Gasteiger partial charge on any atom is 0.255 e. The number of ether oxygens (including phenoxy) is 1. The molecule has 0 amide bonds. The van der Waals surface area contributed by atoms with E-state index in [1.807, 2.05) is 38.1 Å². The average molecular weight is 278 g/mol. The molecule has 102 valence electrons. The average Bonchev–Trinajstić information content (AvgIpc) is 2.83. The Labute approximate surface area is 117 Å². The first kappa shape index (κ1) is 14.0. The van der Waals surface area contributed by atoms with E-state index in [9.17, 15) is 0 Å². The van der Waals surface area contributed by atoms with Crippen LogP contribution >= 0.6 is 11.8 Å². The van der Waals surface area contributed by atoms with Gasteiger partial charge in [-0.05, 0) is 31.5 Å². The molecule has 0 aliphatic carbocycles. The van der Waals surface area contributed by atoms with Gasteiger partial charge in [-0.1, -0.05) is 23.9 Å². The van der Waals surface area contributed by atoms with Gasteiger partial charge < -0.3 is 14.9 Å². The van der Waals surface area contributed by atoms with E-state index in [1.165, 1.54) is 11.8 Å². The highest BCUT2D eigenvalue weighted by atomic mass is 32.2. The topological polar surface area (TPSA) is 61.3 Å². The van der Waals surface area contributed by atoms with Crippen LogP contribution in [0.3, 0.4) is 0 Å². The van der Waals surface area contributed by atoms with Crippen LogP contribution in [0.2, 0.25) is 0 Å². The third kappa shape index (κ3) is 4.01. The Bertz CT molecular complexity index is 510. The number of aromatic nitrogens is 1. The number of oxazole rings is 1. The first-order chi connectivity index (χ1) is 9.19. The van der Waals surface area contributed by atoms with Crippen molar-refractivity contribution in [2.24, 2.45) is 5.73 Å². The minimum atomic E-state index is -0.0483. The molecule has 0 bridgehead atoms. The molecule has 1 heterocycles. The first-order valence-electron chi connectivity index (χ1n) is 6.22. The highest BCUT2D eigenvalue weighted by Crippen LogP contribution is 2.24. The molecule has 0 spiro atoms. The molecule has 5 heteroatoms. The number of nitrogens with two attached hydrogens (primary N) is 1. The zero-order valence-electron chi connectivity index (χ0n) is 11.1. The molecule has 1 atom stereocenters. The van der Waals surface area contributed by atoms with E-state index in [2.05, 4.69) is 4.98 Å². The lowest BCUT2D eigenvalue weighted by Gasteiger charge is -2.11. The van der Waals surface area contributed by atoms with E-state index in [0.717, 1.165) is 22.8 Å². The Morgan fingerprint density at radius 3 is 2.68 bits per heavy atom. The molecule has 1 aromatic heterocycles. The lowest BCUT2D eigenvalue weighted by molar-refractivity contribution is 0.340. The molecule has 2 rings (SSSR count). The Kier molecular flexibility index (Phi) is 4.87. The number of thioether (sulfide) groups is 1. The summed E-state index contributed by atoms with van der Waals surface area (Å²) in [5, 5.41) is 0.666. The van der Waals surface area contributed by atoms with E-state index in [1.54, 1.807) is 6.26 Å². The van der Waals surface area contributed by atoms with Crippen molar-refractivity contribution >= 4 is 11.8 Å². The minimum absolute atomic E-state index is 0.0483. The number of rotatable bonds is 6. The predicted octanol–water partition coefficient (Wildman–Crippen LogP) is 3.17. The maximum absolute atomic E-state index is 6.14. The summed E-state index contributed by atoms with van der Waals surface area (Å²) in [6, 6.07) is 7.83. The summed E-state index contributed by atoms with van der Waals surface area (Å²) >= 11 is 1.52. The van der Waals surface area contributed by atoms with Crippen LogP contribution in [-0.2, 0) is 0 Å². The van der Waals surface area contributed by atoms with Gasteiger partial charge in [0.1, 0.15) is 12.0 Å². The summed E-state index contributed by atoms with van der Waals surface area (Å²) in [7, 11) is 0. The van der Waals surface area contributed by atoms with Crippen LogP contribution in [0.4, 0.5) is 0 Å². The van der Waals surface area contributed by atoms with Crippen molar-refractivity contribution in [3.8, 4) is 5.75 Å². The maximum atomic E-state index is 6.14. The monoisotopic (exact) mass is 278 g/mol. The van der Waals surface area contributed by atoms with Crippen LogP contribution in [0, 0.1) is 6.92 Å². The second-order valence-electron chi connectivity index (χ2n) is 4.17. The smallest absolute Gasteiger partial charge is 0.255 e. The summed E-state index contributed by atoms with van der Waals surface area (Å²) < 4.78 is 10.7. The van der Waals surface area contributed by atoms with E-state index in [-0.39, 0.29) is 6.04 Å². The van der Waals surface area contributed by atoms with E-state index < -0.39 is 0 Å². The van der Waals surface area contributed by atoms with Gasteiger partial charge in [0.05, 0.1) is 12.3 Å². The summed E-state index contributed by atoms with van der Waals surface area (Å²) in [5.41, 5.74) is 8.11. The van der Waals surface area contributed by atoms with Gasteiger partial charge in [0, 0.05) is 11.8 Å². The van der Waals surface area contributed by atoms with Crippen LogP contribution in [0.15, 0.2) is 40.2 Å². The van der Waals surface area contributed by atoms with Crippen LogP contribution in [0.5, 0.6) is 5.75 Å². The van der Waals surface area contributed by atoms with Crippen molar-refractivity contribution in [2.45, 2.75) is 25.1 Å². The van der Waals surface area contributed by atoms with Gasteiger partial charge in [0.15, 0.2) is 0 Å². The zero-order valence-corrected chi connectivity index (χ0v) is 11.9. The van der Waals surface area contributed by atoms with Gasteiger partial charge in [-0.3, -0.25) is 0 Å². The fourth-order valence-electron chi connectivity index (χ4n) is 1.63. The number of aryl methyl sites for hydroxylation is 1. The van der Waals surface area contributed by atoms with Crippen molar-refractivity contribution in [3.05, 3.63) is 41.8 Å². The third-order valence-corrected chi connectivity index (χ3v) is 3.56. The number of nitrogens with zero attached hydrogens (tertiary/aromatic N) is 1. The molecule has 4 nitrogen and oxygen atoms in total. The standard InChI is InChI=1S/C14H18N2O2S/c1-3-17-12-6-4-11(5-7-12)13(15)9-19-14-16-10(2)8-18-14/h4-8,13H,3,9,15H2,1-2H3. The molecule has 0 aliphatic rings. The molecule has 2 aromatic rings. The molecular formula is C14H18N2O2S. The second kappa shape index (κ2) is 6.63. The lowest BCUT2D eigenvalue weighted by atomic mass is 10.1. The molecule has 0 fully saturated rings. The van der Waals surface area contributed by atoms with Gasteiger partial charge in [0.2, 0.25) is 0 Å².